The van der Waals surface area contributed by atoms with Crippen molar-refractivity contribution in [2.75, 3.05) is 91.0 Å². The molecule has 0 saturated heterocycles. The van der Waals surface area contributed by atoms with Crippen LogP contribution in [0.3, 0.4) is 0 Å². The average Bonchev–Trinajstić information content (AvgIpc) is 2.96. The van der Waals surface area contributed by atoms with Crippen molar-refractivity contribution >= 4 is 89.6 Å². The summed E-state index contributed by atoms with van der Waals surface area (Å²) in [5.41, 5.74) is 22.4. The smallest absolute Gasteiger partial charge is 0.329 e. The van der Waals surface area contributed by atoms with Gasteiger partial charge in [0, 0.05) is 13.1 Å². The minimum Gasteiger partial charge on any atom is -0.330 e. The van der Waals surface area contributed by atoms with E-state index in [4.69, 9.17) is 32.0 Å². The van der Waals surface area contributed by atoms with Gasteiger partial charge in [-0.05, 0) is 90.9 Å². The lowest BCUT2D eigenvalue weighted by Crippen LogP contribution is -2.31. The zero-order chi connectivity index (χ0) is 31.4. The van der Waals surface area contributed by atoms with Crippen LogP contribution in [0.2, 0.25) is 0 Å². The van der Waals surface area contributed by atoms with Crippen molar-refractivity contribution in [1.29, 1.82) is 0 Å². The fraction of sp³-hybridized carbons (Fsp3) is 1.00. The highest BCUT2D eigenvalue weighted by Crippen LogP contribution is 2.42. The van der Waals surface area contributed by atoms with Gasteiger partial charge in [-0.3, -0.25) is 9.13 Å². The van der Waals surface area contributed by atoms with Crippen LogP contribution in [0.5, 0.6) is 0 Å². The Labute approximate surface area is 329 Å². The molecule has 0 amide bonds. The van der Waals surface area contributed by atoms with Crippen LogP contribution in [-0.4, -0.2) is 111 Å². The number of halogens is 6. The summed E-state index contributed by atoms with van der Waals surface area (Å²) in [4.78, 5) is 24.6. The predicted octanol–water partition coefficient (Wildman–Crippen LogP) is 5.82. The minimum absolute atomic E-state index is 0. The quantitative estimate of drug-likeness (QED) is 0.0342. The summed E-state index contributed by atoms with van der Waals surface area (Å²) in [7, 11) is -7.14. The summed E-state index contributed by atoms with van der Waals surface area (Å²) in [5, 5.41) is 0. The molecule has 10 N–H and O–H groups in total. The molecule has 0 fully saturated rings. The Kier molecular flexibility index (Phi) is 60.6. The van der Waals surface area contributed by atoms with Crippen LogP contribution in [0.4, 0.5) is 0 Å². The second-order valence-electron chi connectivity index (χ2n) is 11.2. The van der Waals surface area contributed by atoms with Crippen molar-refractivity contribution in [2.45, 2.75) is 89.9 Å². The van der Waals surface area contributed by atoms with Crippen molar-refractivity contribution < 1.29 is 28.0 Å². The number of rotatable bonds is 33. The van der Waals surface area contributed by atoms with Crippen molar-refractivity contribution in [3.05, 3.63) is 0 Å². The monoisotopic (exact) mass is 860 g/mol. The molecule has 0 aliphatic heterocycles. The number of hydrogen-bond donors (Lipinski definition) is 6. The van der Waals surface area contributed by atoms with Crippen molar-refractivity contribution in [1.82, 2.24) is 9.80 Å². The van der Waals surface area contributed by atoms with E-state index in [1.54, 1.807) is 0 Å². The molecule has 0 aromatic rings. The van der Waals surface area contributed by atoms with Gasteiger partial charge in [-0.15, -0.1) is 74.4 Å². The fourth-order valence-corrected chi connectivity index (χ4v) is 6.79. The van der Waals surface area contributed by atoms with E-state index < -0.39 is 15.2 Å². The van der Waals surface area contributed by atoms with Gasteiger partial charge in [-0.25, -0.2) is 0 Å². The molecule has 0 saturated carbocycles. The minimum atomic E-state index is -3.57. The molecule has 2 unspecified atom stereocenters. The number of unbranched alkanes of at least 4 members (excludes halogenated alkanes) is 9. The first-order valence-corrected chi connectivity index (χ1v) is 19.9. The largest absolute Gasteiger partial charge is 0.330 e. The first-order valence-electron chi connectivity index (χ1n) is 16.4. The Hall–Kier alpha value is 1.80. The molecule has 2 atom stereocenters. The van der Waals surface area contributed by atoms with Gasteiger partial charge >= 0.3 is 15.2 Å². The Morgan fingerprint density at radius 1 is 0.396 bits per heavy atom. The van der Waals surface area contributed by atoms with Crippen LogP contribution >= 0.6 is 89.6 Å². The molecule has 0 bridgehead atoms. The van der Waals surface area contributed by atoms with Crippen LogP contribution in [0, 0.1) is 0 Å². The molecule has 0 aromatic carbocycles. The predicted molar refractivity (Wildman–Crippen MR) is 219 cm³/mol. The third kappa shape index (κ3) is 44.0. The third-order valence-corrected chi connectivity index (χ3v) is 9.94. The van der Waals surface area contributed by atoms with Gasteiger partial charge in [0.15, 0.2) is 0 Å². The van der Waals surface area contributed by atoms with Gasteiger partial charge in [0.05, 0.1) is 25.5 Å². The lowest BCUT2D eigenvalue weighted by atomic mass is 10.1. The molecular formula is C28H72Cl6N6O6P2. The van der Waals surface area contributed by atoms with Gasteiger partial charge in [0.2, 0.25) is 0 Å². The molecule has 12 nitrogen and oxygen atoms in total. The lowest BCUT2D eigenvalue weighted by Gasteiger charge is -2.23. The zero-order valence-corrected chi connectivity index (χ0v) is 35.6. The highest BCUT2D eigenvalue weighted by molar-refractivity contribution is 7.53. The molecule has 302 valence electrons. The van der Waals surface area contributed by atoms with E-state index in [1.165, 1.54) is 12.8 Å². The molecule has 0 aliphatic carbocycles. The maximum absolute atomic E-state index is 12.3. The first kappa shape index (κ1) is 64.7. The van der Waals surface area contributed by atoms with Gasteiger partial charge in [-0.2, -0.15) is 0 Å². The lowest BCUT2D eigenvalue weighted by molar-refractivity contribution is 0.237. The molecule has 0 radical (unpaired) electrons. The summed E-state index contributed by atoms with van der Waals surface area (Å²) in [6.45, 7) is 7.34. The van der Waals surface area contributed by atoms with Gasteiger partial charge in [0.25, 0.3) is 0 Å². The Morgan fingerprint density at radius 3 is 0.854 bits per heavy atom. The van der Waals surface area contributed by atoms with Crippen LogP contribution in [0.15, 0.2) is 0 Å². The molecule has 0 heterocycles. The van der Waals surface area contributed by atoms with Crippen LogP contribution in [0.25, 0.3) is 0 Å². The van der Waals surface area contributed by atoms with Gasteiger partial charge < -0.3 is 51.6 Å². The number of nitrogens with zero attached hydrogens (tertiary/aromatic N) is 2. The van der Waals surface area contributed by atoms with Crippen molar-refractivity contribution in [3.63, 3.8) is 0 Å². The van der Waals surface area contributed by atoms with E-state index in [0.29, 0.717) is 52.5 Å². The molecular weight excluding hydrogens is 791 g/mol. The molecule has 48 heavy (non-hydrogen) atoms. The van der Waals surface area contributed by atoms with Crippen LogP contribution < -0.4 is 22.9 Å². The van der Waals surface area contributed by atoms with Crippen LogP contribution in [-0.2, 0) is 18.2 Å². The first-order chi connectivity index (χ1) is 20.2. The van der Waals surface area contributed by atoms with Crippen LogP contribution in [0.1, 0.15) is 89.9 Å². The Bertz CT molecular complexity index is 651. The Balaban J connectivity index is -0.000000560. The van der Waals surface area contributed by atoms with Crippen molar-refractivity contribution in [2.24, 2.45) is 22.9 Å². The molecule has 20 heteroatoms. The highest BCUT2D eigenvalue weighted by Gasteiger charge is 2.21. The summed E-state index contributed by atoms with van der Waals surface area (Å²) < 4.78 is 35.4. The highest BCUT2D eigenvalue weighted by atomic mass is 35.5. The van der Waals surface area contributed by atoms with E-state index in [-0.39, 0.29) is 86.8 Å². The Morgan fingerprint density at radius 2 is 0.625 bits per heavy atom. The second-order valence-corrected chi connectivity index (χ2v) is 15.1. The summed E-state index contributed by atoms with van der Waals surface area (Å²) in [6.07, 6.45) is 14.1. The van der Waals surface area contributed by atoms with Crippen molar-refractivity contribution in [3.8, 4) is 0 Å². The van der Waals surface area contributed by atoms with Gasteiger partial charge in [0.1, 0.15) is 0 Å². The molecule has 0 spiro atoms. The van der Waals surface area contributed by atoms with E-state index in [9.17, 15) is 18.9 Å². The molecule has 0 aromatic heterocycles. The summed E-state index contributed by atoms with van der Waals surface area (Å²) >= 11 is 0. The normalized spacial score (nSPS) is 13.1. The molecule has 0 aliphatic rings. The van der Waals surface area contributed by atoms with E-state index in [1.807, 2.05) is 0 Å². The summed E-state index contributed by atoms with van der Waals surface area (Å²) in [6, 6.07) is 0. The topological polar surface area (TPSA) is 204 Å². The maximum atomic E-state index is 12.3. The van der Waals surface area contributed by atoms with E-state index in [0.717, 1.165) is 103 Å². The standard InChI is InChI=1S/C28H66N6O6P2.6ClH/c29-15-11-19-33(20-12-16-30)23-27-41(35,36)39-25-9-7-5-3-1-2-4-6-8-10-26-40-42(37,38)28-24-34(21-13-17-31)22-14-18-32;;;;;;/h1-32H2,(H,35,36)(H,37,38);6*1H. The number of nitrogens with two attached hydrogens (primary N) is 4. The van der Waals surface area contributed by atoms with E-state index >= 15 is 0 Å². The third-order valence-electron chi connectivity index (χ3n) is 7.24. The zero-order valence-electron chi connectivity index (χ0n) is 28.9. The maximum Gasteiger partial charge on any atom is 0.329 e. The molecule has 0 rings (SSSR count). The average molecular weight is 864 g/mol. The fourth-order valence-electron chi connectivity index (χ4n) is 4.63. The van der Waals surface area contributed by atoms with Gasteiger partial charge in [-0.1, -0.05) is 51.4 Å². The number of hydrogen-bond acceptors (Lipinski definition) is 10. The second kappa shape index (κ2) is 45.0. The summed E-state index contributed by atoms with van der Waals surface area (Å²) in [5.74, 6) is 0. The van der Waals surface area contributed by atoms with E-state index in [2.05, 4.69) is 9.80 Å². The SMILES string of the molecule is Cl.Cl.Cl.Cl.Cl.Cl.NCCCN(CCCN)CCP(=O)(O)OCCCCCCCCCCCCOP(=O)(O)CCN(CCCN)CCCN.